The van der Waals surface area contributed by atoms with Crippen LogP contribution in [0.1, 0.15) is 52.8 Å². The zero-order chi connectivity index (χ0) is 12.5. The highest BCUT2D eigenvalue weighted by molar-refractivity contribution is 4.99. The Balaban J connectivity index is -0.0000000253. The number of rotatable bonds is 0. The van der Waals surface area contributed by atoms with E-state index in [4.69, 9.17) is 0 Å². The lowest BCUT2D eigenvalue weighted by Crippen LogP contribution is -1.47. The van der Waals surface area contributed by atoms with E-state index in [-0.39, 0.29) is 25.1 Å². The molecule has 0 aromatic heterocycles. The van der Waals surface area contributed by atoms with Gasteiger partial charge in [-0.1, -0.05) is 123 Å². The van der Waals surface area contributed by atoms with Crippen molar-refractivity contribution < 1.29 is 2.85 Å². The molecule has 0 heterocycles. The van der Waals surface area contributed by atoms with Crippen LogP contribution in [-0.4, -0.2) is 0 Å². The molecule has 0 aliphatic rings. The molecule has 0 nitrogen and oxygen atoms in total. The van der Waals surface area contributed by atoms with Crippen molar-refractivity contribution in [2.45, 2.75) is 50.0 Å². The van der Waals surface area contributed by atoms with E-state index in [9.17, 15) is 0 Å². The molecule has 2 rings (SSSR count). The minimum Gasteiger partial charge on any atom is -0.0776 e. The van der Waals surface area contributed by atoms with Crippen LogP contribution >= 0.6 is 0 Å². The van der Waals surface area contributed by atoms with Gasteiger partial charge in [0.2, 0.25) is 0 Å². The molecule has 19 heavy (non-hydrogen) atoms. The van der Waals surface area contributed by atoms with Gasteiger partial charge >= 0.3 is 0 Å². The first kappa shape index (κ1) is 30.5. The maximum absolute atomic E-state index is 2.00. The molecule has 2 aromatic carbocycles. The third-order valence-corrected chi connectivity index (χ3v) is 1.33. The summed E-state index contributed by atoms with van der Waals surface area (Å²) in [5, 5.41) is 0. The molecular weight excluding hydrogens is 228 g/mol. The van der Waals surface area contributed by atoms with Crippen LogP contribution in [0, 0.1) is 0 Å². The fourth-order valence-corrected chi connectivity index (χ4v) is 0.770. The SMILES string of the molecule is C.C.C.CC.CC.[2HH].[2HH].c1ccccc1.c1ccccc1. The van der Waals surface area contributed by atoms with Crippen LogP contribution in [0.15, 0.2) is 72.8 Å². The van der Waals surface area contributed by atoms with E-state index < -0.39 is 0 Å². The average molecular weight is 271 g/mol. The Bertz CT molecular complexity index is 185. The van der Waals surface area contributed by atoms with Gasteiger partial charge in [0.15, 0.2) is 0 Å². The summed E-state index contributed by atoms with van der Waals surface area (Å²) >= 11 is 0. The van der Waals surface area contributed by atoms with Crippen molar-refractivity contribution in [3.05, 3.63) is 72.8 Å². The molecule has 0 aliphatic carbocycles. The normalized spacial score (nSPS) is 5.68. The van der Waals surface area contributed by atoms with Gasteiger partial charge in [0, 0.05) is 2.85 Å². The quantitative estimate of drug-likeness (QED) is 0.457. The zero-order valence-corrected chi connectivity index (χ0v) is 10.9. The fourth-order valence-electron chi connectivity index (χ4n) is 0.770. The standard InChI is InChI=1S/2C6H6.2C2H6.3CH4.2H2/c2*1-2-4-6-5-3-1;2*1-2;;;;;/h2*1-6H;2*1-2H3;3*1H4;2*1H/i;;;;;;;2*1+1. The van der Waals surface area contributed by atoms with Gasteiger partial charge in [0.1, 0.15) is 0 Å². The highest BCUT2D eigenvalue weighted by Crippen LogP contribution is 1.80. The second kappa shape index (κ2) is 36.0. The Morgan fingerprint density at radius 2 is 0.368 bits per heavy atom. The van der Waals surface area contributed by atoms with Crippen LogP contribution in [0.2, 0.25) is 0 Å². The van der Waals surface area contributed by atoms with Crippen LogP contribution in [-0.2, 0) is 0 Å². The first-order valence-corrected chi connectivity index (χ1v) is 6.00. The van der Waals surface area contributed by atoms with E-state index in [2.05, 4.69) is 0 Å². The van der Waals surface area contributed by atoms with Gasteiger partial charge in [-0.2, -0.15) is 0 Å². The lowest BCUT2D eigenvalue weighted by atomic mass is 10.4. The summed E-state index contributed by atoms with van der Waals surface area (Å²) in [5.74, 6) is 0. The monoisotopic (exact) mass is 270 g/mol. The van der Waals surface area contributed by atoms with E-state index >= 15 is 0 Å². The Kier molecular flexibility index (Phi) is 57.6. The largest absolute Gasteiger partial charge is 0.0776 e. The first-order valence-electron chi connectivity index (χ1n) is 6.00. The molecule has 0 unspecified atom stereocenters. The van der Waals surface area contributed by atoms with E-state index in [0.29, 0.717) is 0 Å². The third kappa shape index (κ3) is 31.5. The summed E-state index contributed by atoms with van der Waals surface area (Å²) in [4.78, 5) is 0. The van der Waals surface area contributed by atoms with Gasteiger partial charge in [0.25, 0.3) is 0 Å². The lowest BCUT2D eigenvalue weighted by molar-refractivity contribution is 1.50. The van der Waals surface area contributed by atoms with Crippen LogP contribution in [0.3, 0.4) is 0 Å². The van der Waals surface area contributed by atoms with Gasteiger partial charge < -0.3 is 0 Å². The molecule has 0 spiro atoms. The highest BCUT2D eigenvalue weighted by Gasteiger charge is 1.58. The van der Waals surface area contributed by atoms with E-state index in [1.54, 1.807) is 0 Å². The minimum atomic E-state index is 0. The molecule has 0 N–H and O–H groups in total. The molecule has 0 saturated heterocycles. The van der Waals surface area contributed by atoms with E-state index in [1.807, 2.05) is 100 Å². The van der Waals surface area contributed by atoms with Gasteiger partial charge in [-0.15, -0.1) is 0 Å². The van der Waals surface area contributed by atoms with Gasteiger partial charge in [-0.3, -0.25) is 0 Å². The van der Waals surface area contributed by atoms with Gasteiger partial charge in [-0.25, -0.2) is 0 Å². The zero-order valence-electron chi connectivity index (χ0n) is 10.9. The lowest BCUT2D eigenvalue weighted by Gasteiger charge is -1.69. The van der Waals surface area contributed by atoms with E-state index in [1.165, 1.54) is 0 Å². The maximum Gasteiger partial charge on any atom is 0 e. The van der Waals surface area contributed by atoms with Crippen molar-refractivity contribution >= 4 is 0 Å². The molecule has 0 fully saturated rings. The highest BCUT2D eigenvalue weighted by atomic mass is 13.7. The van der Waals surface area contributed by atoms with Crippen molar-refractivity contribution in [2.24, 2.45) is 0 Å². The molecule has 0 saturated carbocycles. The minimum absolute atomic E-state index is 0. The molecule has 0 radical (unpaired) electrons. The Hall–Kier alpha value is -1.56. The van der Waals surface area contributed by atoms with Crippen molar-refractivity contribution in [3.8, 4) is 0 Å². The molecule has 0 atom stereocenters. The smallest absolute Gasteiger partial charge is 0 e. The molecular formula is C19H40. The summed E-state index contributed by atoms with van der Waals surface area (Å²) < 4.78 is 0. The molecule has 116 valence electrons. The number of benzene rings is 2. The van der Waals surface area contributed by atoms with E-state index in [0.717, 1.165) is 0 Å². The summed E-state index contributed by atoms with van der Waals surface area (Å²) in [7, 11) is 0. The predicted octanol–water partition coefficient (Wildman–Crippen LogP) is 7.83. The Morgan fingerprint density at radius 3 is 0.421 bits per heavy atom. The summed E-state index contributed by atoms with van der Waals surface area (Å²) in [6.07, 6.45) is 0. The fraction of sp³-hybridized carbons (Fsp3) is 0.368. The number of hydrogen-bond acceptors (Lipinski definition) is 0. The molecule has 2 aromatic rings. The second-order valence-corrected chi connectivity index (χ2v) is 2.31. The van der Waals surface area contributed by atoms with Gasteiger partial charge in [0.05, 0.1) is 0 Å². The molecule has 0 amide bonds. The van der Waals surface area contributed by atoms with Crippen molar-refractivity contribution in [3.63, 3.8) is 0 Å². The topological polar surface area (TPSA) is 0 Å². The Morgan fingerprint density at radius 1 is 0.316 bits per heavy atom. The predicted molar refractivity (Wildman–Crippen MR) is 100 cm³/mol. The second-order valence-electron chi connectivity index (χ2n) is 2.31. The Labute approximate surface area is 126 Å². The van der Waals surface area contributed by atoms with Gasteiger partial charge in [-0.05, 0) is 0 Å². The first-order chi connectivity index (χ1) is 8.00. The maximum atomic E-state index is 2.00. The molecule has 0 bridgehead atoms. The van der Waals surface area contributed by atoms with Crippen LogP contribution < -0.4 is 0 Å². The summed E-state index contributed by atoms with van der Waals surface area (Å²) in [6.45, 7) is 8.00. The van der Waals surface area contributed by atoms with Crippen molar-refractivity contribution in [2.75, 3.05) is 0 Å². The van der Waals surface area contributed by atoms with Crippen LogP contribution in [0.25, 0.3) is 0 Å². The summed E-state index contributed by atoms with van der Waals surface area (Å²) in [5.41, 5.74) is 0. The van der Waals surface area contributed by atoms with Crippen LogP contribution in [0.4, 0.5) is 0 Å². The molecule has 0 heteroatoms. The summed E-state index contributed by atoms with van der Waals surface area (Å²) in [6, 6.07) is 24.0. The number of hydrogen-bond donors (Lipinski definition) is 0. The molecule has 0 aliphatic heterocycles. The third-order valence-electron chi connectivity index (χ3n) is 1.33. The average Bonchev–Trinajstić information content (AvgIpc) is 2.48. The van der Waals surface area contributed by atoms with Crippen molar-refractivity contribution in [1.29, 1.82) is 0 Å². The van der Waals surface area contributed by atoms with Crippen LogP contribution in [0.5, 0.6) is 0 Å². The van der Waals surface area contributed by atoms with Crippen molar-refractivity contribution in [1.82, 2.24) is 0 Å².